The Labute approximate surface area is 100 Å². The second-order valence-electron chi connectivity index (χ2n) is 4.20. The first-order valence-corrected chi connectivity index (χ1v) is 5.81. The highest BCUT2D eigenvalue weighted by atomic mass is 16.5. The van der Waals surface area contributed by atoms with Gasteiger partial charge in [0.1, 0.15) is 0 Å². The molecule has 0 saturated carbocycles. The third-order valence-electron chi connectivity index (χ3n) is 3.09. The van der Waals surface area contributed by atoms with Crippen molar-refractivity contribution < 1.29 is 4.74 Å². The summed E-state index contributed by atoms with van der Waals surface area (Å²) in [5.41, 5.74) is 10.3. The second-order valence-corrected chi connectivity index (χ2v) is 4.20. The molecule has 2 aromatic rings. The Hall–Kier alpha value is -1.65. The molecule has 0 amide bonds. The normalized spacial score (nSPS) is 14.6. The predicted octanol–water partition coefficient (Wildman–Crippen LogP) is 1.40. The maximum Gasteiger partial charge on any atom is 0.0750 e. The van der Waals surface area contributed by atoms with Crippen molar-refractivity contribution in [2.75, 3.05) is 6.61 Å². The summed E-state index contributed by atoms with van der Waals surface area (Å²) >= 11 is 0. The molecule has 0 fully saturated rings. The molecular formula is C13H15N3O. The number of nitrogens with zero attached hydrogens (tertiary/aromatic N) is 2. The lowest BCUT2D eigenvalue weighted by molar-refractivity contribution is 0.109. The van der Waals surface area contributed by atoms with Gasteiger partial charge in [-0.1, -0.05) is 12.1 Å². The van der Waals surface area contributed by atoms with E-state index < -0.39 is 0 Å². The molecule has 1 aromatic carbocycles. The van der Waals surface area contributed by atoms with Crippen molar-refractivity contribution in [2.24, 2.45) is 5.73 Å². The van der Waals surface area contributed by atoms with Crippen molar-refractivity contribution in [3.63, 3.8) is 0 Å². The fourth-order valence-corrected chi connectivity index (χ4v) is 2.18. The molecular weight excluding hydrogens is 214 g/mol. The largest absolute Gasteiger partial charge is 0.376 e. The number of aromatic nitrogens is 2. The number of nitrogens with two attached hydrogens (primary N) is 1. The van der Waals surface area contributed by atoms with E-state index in [1.165, 1.54) is 11.3 Å². The zero-order valence-corrected chi connectivity index (χ0v) is 9.60. The number of fused-ring (bicyclic) bond motifs is 1. The molecule has 0 spiro atoms. The molecule has 1 aliphatic rings. The molecule has 4 nitrogen and oxygen atoms in total. The van der Waals surface area contributed by atoms with Crippen LogP contribution in [0, 0.1) is 0 Å². The number of hydrogen-bond acceptors (Lipinski definition) is 3. The first-order valence-electron chi connectivity index (χ1n) is 5.81. The summed E-state index contributed by atoms with van der Waals surface area (Å²) in [5.74, 6) is 0. The van der Waals surface area contributed by atoms with Crippen LogP contribution < -0.4 is 5.73 Å². The van der Waals surface area contributed by atoms with Gasteiger partial charge in [-0.25, -0.2) is 4.68 Å². The molecule has 0 aliphatic carbocycles. The molecule has 1 aromatic heterocycles. The lowest BCUT2D eigenvalue weighted by Crippen LogP contribution is -2.13. The van der Waals surface area contributed by atoms with Crippen LogP contribution >= 0.6 is 0 Å². The fourth-order valence-electron chi connectivity index (χ4n) is 2.18. The summed E-state index contributed by atoms with van der Waals surface area (Å²) in [5, 5.41) is 4.44. The van der Waals surface area contributed by atoms with Crippen molar-refractivity contribution in [1.29, 1.82) is 0 Å². The highest BCUT2D eigenvalue weighted by Crippen LogP contribution is 2.20. The SMILES string of the molecule is NCc1cccc(-n2ncc3c2CCOC3)c1. The van der Waals surface area contributed by atoms with Gasteiger partial charge in [0.15, 0.2) is 0 Å². The van der Waals surface area contributed by atoms with Gasteiger partial charge >= 0.3 is 0 Å². The Kier molecular flexibility index (Phi) is 2.66. The van der Waals surface area contributed by atoms with Crippen LogP contribution in [0.25, 0.3) is 5.69 Å². The zero-order chi connectivity index (χ0) is 11.7. The van der Waals surface area contributed by atoms with E-state index in [0.717, 1.165) is 24.3 Å². The van der Waals surface area contributed by atoms with Gasteiger partial charge in [0.2, 0.25) is 0 Å². The van der Waals surface area contributed by atoms with Crippen LogP contribution in [0.1, 0.15) is 16.8 Å². The summed E-state index contributed by atoms with van der Waals surface area (Å²) in [6.45, 7) is 2.00. The van der Waals surface area contributed by atoms with Crippen molar-refractivity contribution in [3.8, 4) is 5.69 Å². The second kappa shape index (κ2) is 4.31. The highest BCUT2D eigenvalue weighted by molar-refractivity contribution is 5.38. The van der Waals surface area contributed by atoms with Crippen molar-refractivity contribution in [1.82, 2.24) is 9.78 Å². The molecule has 0 atom stereocenters. The van der Waals surface area contributed by atoms with Crippen molar-refractivity contribution in [3.05, 3.63) is 47.3 Å². The first kappa shape index (κ1) is 10.5. The molecule has 1 aliphatic heterocycles. The molecule has 0 radical (unpaired) electrons. The summed E-state index contributed by atoms with van der Waals surface area (Å²) in [6.07, 6.45) is 2.81. The first-order chi connectivity index (χ1) is 8.38. The Bertz CT molecular complexity index is 533. The standard InChI is InChI=1S/C13H15N3O/c14-7-10-2-1-3-12(6-10)16-13-4-5-17-9-11(13)8-15-16/h1-3,6,8H,4-5,7,9,14H2. The van der Waals surface area contributed by atoms with Gasteiger partial charge in [-0.3, -0.25) is 0 Å². The number of ether oxygens (including phenoxy) is 1. The topological polar surface area (TPSA) is 53.1 Å². The summed E-state index contributed by atoms with van der Waals surface area (Å²) in [4.78, 5) is 0. The van der Waals surface area contributed by atoms with Gasteiger partial charge in [0, 0.05) is 18.5 Å². The lowest BCUT2D eigenvalue weighted by Gasteiger charge is -2.15. The van der Waals surface area contributed by atoms with E-state index in [9.17, 15) is 0 Å². The maximum absolute atomic E-state index is 5.66. The lowest BCUT2D eigenvalue weighted by atomic mass is 10.1. The minimum absolute atomic E-state index is 0.556. The van der Waals surface area contributed by atoms with Crippen molar-refractivity contribution >= 4 is 0 Å². The van der Waals surface area contributed by atoms with Gasteiger partial charge in [0.05, 0.1) is 30.8 Å². The Morgan fingerprint density at radius 3 is 3.24 bits per heavy atom. The number of hydrogen-bond donors (Lipinski definition) is 1. The minimum Gasteiger partial charge on any atom is -0.376 e. The van der Waals surface area contributed by atoms with Crippen LogP contribution in [-0.2, 0) is 24.3 Å². The molecule has 17 heavy (non-hydrogen) atoms. The third-order valence-corrected chi connectivity index (χ3v) is 3.09. The predicted molar refractivity (Wildman–Crippen MR) is 64.8 cm³/mol. The molecule has 3 rings (SSSR count). The fraction of sp³-hybridized carbons (Fsp3) is 0.308. The van der Waals surface area contributed by atoms with Gasteiger partial charge in [-0.05, 0) is 17.7 Å². The molecule has 0 saturated heterocycles. The van der Waals surface area contributed by atoms with E-state index in [1.807, 2.05) is 23.0 Å². The third kappa shape index (κ3) is 1.85. The number of rotatable bonds is 2. The van der Waals surface area contributed by atoms with E-state index in [4.69, 9.17) is 10.5 Å². The van der Waals surface area contributed by atoms with Gasteiger partial charge in [0.25, 0.3) is 0 Å². The van der Waals surface area contributed by atoms with Crippen LogP contribution in [0.2, 0.25) is 0 Å². The van der Waals surface area contributed by atoms with E-state index in [0.29, 0.717) is 13.2 Å². The summed E-state index contributed by atoms with van der Waals surface area (Å²) < 4.78 is 7.41. The molecule has 88 valence electrons. The summed E-state index contributed by atoms with van der Waals surface area (Å²) in [7, 11) is 0. The maximum atomic E-state index is 5.66. The van der Waals surface area contributed by atoms with Gasteiger partial charge in [-0.15, -0.1) is 0 Å². The molecule has 2 N–H and O–H groups in total. The zero-order valence-electron chi connectivity index (χ0n) is 9.60. The van der Waals surface area contributed by atoms with Crippen LogP contribution in [0.5, 0.6) is 0 Å². The van der Waals surface area contributed by atoms with Crippen LogP contribution in [0.4, 0.5) is 0 Å². The Morgan fingerprint density at radius 1 is 1.41 bits per heavy atom. The van der Waals surface area contributed by atoms with E-state index in [-0.39, 0.29) is 0 Å². The monoisotopic (exact) mass is 229 g/mol. The Balaban J connectivity index is 2.05. The van der Waals surface area contributed by atoms with Crippen LogP contribution in [0.15, 0.2) is 30.5 Å². The van der Waals surface area contributed by atoms with Gasteiger partial charge in [-0.2, -0.15) is 5.10 Å². The molecule has 2 heterocycles. The average molecular weight is 229 g/mol. The Morgan fingerprint density at radius 2 is 2.35 bits per heavy atom. The van der Waals surface area contributed by atoms with Crippen molar-refractivity contribution in [2.45, 2.75) is 19.6 Å². The molecule has 0 bridgehead atoms. The molecule has 0 unspecified atom stereocenters. The number of benzene rings is 1. The molecule has 4 heteroatoms. The highest BCUT2D eigenvalue weighted by Gasteiger charge is 2.16. The quantitative estimate of drug-likeness (QED) is 0.847. The van der Waals surface area contributed by atoms with E-state index >= 15 is 0 Å². The summed E-state index contributed by atoms with van der Waals surface area (Å²) in [6, 6.07) is 8.19. The smallest absolute Gasteiger partial charge is 0.0750 e. The van der Waals surface area contributed by atoms with E-state index in [1.54, 1.807) is 0 Å². The van der Waals surface area contributed by atoms with Crippen LogP contribution in [-0.4, -0.2) is 16.4 Å². The van der Waals surface area contributed by atoms with E-state index in [2.05, 4.69) is 17.2 Å². The average Bonchev–Trinajstić information content (AvgIpc) is 2.82. The van der Waals surface area contributed by atoms with Crippen LogP contribution in [0.3, 0.4) is 0 Å². The minimum atomic E-state index is 0.556. The van der Waals surface area contributed by atoms with Gasteiger partial charge < -0.3 is 10.5 Å².